The molecule has 166 valence electrons. The van der Waals surface area contributed by atoms with E-state index in [1.165, 1.54) is 9.78 Å². The van der Waals surface area contributed by atoms with Gasteiger partial charge in [-0.25, -0.2) is 0 Å². The number of ether oxygens (including phenoxy) is 1. The van der Waals surface area contributed by atoms with Gasteiger partial charge in [-0.05, 0) is 48.9 Å². The van der Waals surface area contributed by atoms with Gasteiger partial charge in [0.15, 0.2) is 0 Å². The predicted octanol–water partition coefficient (Wildman–Crippen LogP) is 4.92. The molecule has 2 amide bonds. The number of hydrogen-bond acceptors (Lipinski definition) is 4. The van der Waals surface area contributed by atoms with Gasteiger partial charge in [-0.1, -0.05) is 36.4 Å². The quantitative estimate of drug-likeness (QED) is 0.414. The van der Waals surface area contributed by atoms with Gasteiger partial charge in [0.05, 0.1) is 13.7 Å². The first kappa shape index (κ1) is 23.3. The second kappa shape index (κ2) is 11.3. The van der Waals surface area contributed by atoms with Crippen LogP contribution in [0.2, 0.25) is 0 Å². The van der Waals surface area contributed by atoms with Crippen molar-refractivity contribution in [2.24, 2.45) is 0 Å². The zero-order chi connectivity index (χ0) is 22.9. The van der Waals surface area contributed by atoms with Crippen LogP contribution < -0.4 is 4.74 Å². The summed E-state index contributed by atoms with van der Waals surface area (Å²) in [4.78, 5) is 32.1. The maximum absolute atomic E-state index is 13.4. The molecule has 0 saturated heterocycles. The number of aryl methyl sites for hydroxylation is 1. The summed E-state index contributed by atoms with van der Waals surface area (Å²) in [5.41, 5.74) is 1.55. The third-order valence-electron chi connectivity index (χ3n) is 5.01. The fraction of sp³-hybridized carbons (Fsp3) is 0.231. The molecule has 0 saturated carbocycles. The highest BCUT2D eigenvalue weighted by Gasteiger charge is 2.22. The lowest BCUT2D eigenvalue weighted by atomic mass is 10.1. The molecule has 0 spiro atoms. The summed E-state index contributed by atoms with van der Waals surface area (Å²) in [6.45, 7) is 7.06. The lowest BCUT2D eigenvalue weighted by molar-refractivity contribution is -0.133. The average molecular weight is 449 g/mol. The maximum atomic E-state index is 13.4. The summed E-state index contributed by atoms with van der Waals surface area (Å²) in [6.07, 6.45) is 1.64. The molecule has 1 aromatic heterocycles. The summed E-state index contributed by atoms with van der Waals surface area (Å²) in [6, 6.07) is 20.9. The van der Waals surface area contributed by atoms with E-state index in [0.717, 1.165) is 10.4 Å². The van der Waals surface area contributed by atoms with Crippen LogP contribution in [0.3, 0.4) is 0 Å². The van der Waals surface area contributed by atoms with Crippen LogP contribution in [0.15, 0.2) is 79.4 Å². The van der Waals surface area contributed by atoms with Crippen LogP contribution in [0.4, 0.5) is 0 Å². The summed E-state index contributed by atoms with van der Waals surface area (Å²) in [5.74, 6) is 0.351. The summed E-state index contributed by atoms with van der Waals surface area (Å²) < 4.78 is 5.17. The van der Waals surface area contributed by atoms with E-state index in [4.69, 9.17) is 4.74 Å². The molecule has 0 fully saturated rings. The van der Waals surface area contributed by atoms with Crippen LogP contribution in [-0.2, 0) is 17.9 Å². The lowest BCUT2D eigenvalue weighted by Gasteiger charge is -2.27. The first-order valence-corrected chi connectivity index (χ1v) is 11.2. The Balaban J connectivity index is 1.78. The van der Waals surface area contributed by atoms with Gasteiger partial charge in [0.1, 0.15) is 12.3 Å². The van der Waals surface area contributed by atoms with Crippen molar-refractivity contribution in [3.05, 3.63) is 100 Å². The smallest absolute Gasteiger partial charge is 0.254 e. The van der Waals surface area contributed by atoms with E-state index in [1.54, 1.807) is 53.7 Å². The van der Waals surface area contributed by atoms with Gasteiger partial charge in [-0.15, -0.1) is 17.9 Å². The Morgan fingerprint density at radius 2 is 1.69 bits per heavy atom. The van der Waals surface area contributed by atoms with Crippen LogP contribution >= 0.6 is 11.3 Å². The molecule has 3 rings (SSSR count). The number of hydrogen-bond donors (Lipinski definition) is 0. The topological polar surface area (TPSA) is 49.9 Å². The Morgan fingerprint density at radius 1 is 0.969 bits per heavy atom. The third-order valence-corrected chi connectivity index (χ3v) is 6.00. The van der Waals surface area contributed by atoms with Gasteiger partial charge in [-0.3, -0.25) is 9.59 Å². The molecule has 1 heterocycles. The van der Waals surface area contributed by atoms with Crippen molar-refractivity contribution < 1.29 is 14.3 Å². The molecule has 0 radical (unpaired) electrons. The van der Waals surface area contributed by atoms with Crippen LogP contribution in [0.25, 0.3) is 0 Å². The van der Waals surface area contributed by atoms with E-state index >= 15 is 0 Å². The van der Waals surface area contributed by atoms with Crippen molar-refractivity contribution in [3.63, 3.8) is 0 Å². The Hall–Kier alpha value is -3.38. The van der Waals surface area contributed by atoms with Crippen molar-refractivity contribution in [1.29, 1.82) is 0 Å². The molecule has 0 unspecified atom stereocenters. The first-order valence-electron chi connectivity index (χ1n) is 10.4. The normalized spacial score (nSPS) is 10.4. The molecule has 0 bridgehead atoms. The van der Waals surface area contributed by atoms with E-state index in [-0.39, 0.29) is 24.9 Å². The van der Waals surface area contributed by atoms with Crippen molar-refractivity contribution >= 4 is 23.2 Å². The molecular weight excluding hydrogens is 420 g/mol. The molecule has 0 N–H and O–H groups in total. The van der Waals surface area contributed by atoms with E-state index in [9.17, 15) is 9.59 Å². The van der Waals surface area contributed by atoms with Gasteiger partial charge in [-0.2, -0.15) is 0 Å². The van der Waals surface area contributed by atoms with Crippen molar-refractivity contribution in [2.45, 2.75) is 20.0 Å². The Labute approximate surface area is 193 Å². The zero-order valence-corrected chi connectivity index (χ0v) is 19.3. The van der Waals surface area contributed by atoms with E-state index in [1.807, 2.05) is 30.3 Å². The molecule has 32 heavy (non-hydrogen) atoms. The Kier molecular flexibility index (Phi) is 8.22. The van der Waals surface area contributed by atoms with E-state index in [2.05, 4.69) is 25.6 Å². The molecule has 0 aliphatic heterocycles. The number of carbonyl (C=O) groups excluding carboxylic acids is 2. The van der Waals surface area contributed by atoms with Crippen molar-refractivity contribution in [2.75, 3.05) is 20.2 Å². The average Bonchev–Trinajstić information content (AvgIpc) is 3.23. The van der Waals surface area contributed by atoms with Crippen LogP contribution in [-0.4, -0.2) is 41.8 Å². The Morgan fingerprint density at radius 3 is 2.28 bits per heavy atom. The van der Waals surface area contributed by atoms with Gasteiger partial charge in [0.2, 0.25) is 5.91 Å². The number of amides is 2. The molecule has 0 aliphatic carbocycles. The second-order valence-electron chi connectivity index (χ2n) is 7.45. The molecule has 6 heteroatoms. The maximum Gasteiger partial charge on any atom is 0.254 e. The van der Waals surface area contributed by atoms with Crippen LogP contribution in [0.1, 0.15) is 25.7 Å². The fourth-order valence-electron chi connectivity index (χ4n) is 3.35. The number of thiophene rings is 1. The number of carbonyl (C=O) groups is 2. The van der Waals surface area contributed by atoms with Crippen LogP contribution in [0, 0.1) is 6.92 Å². The van der Waals surface area contributed by atoms with Crippen molar-refractivity contribution in [3.8, 4) is 5.75 Å². The molecule has 2 aromatic carbocycles. The SMILES string of the molecule is C=CCN(CC(=O)N(Cc1ccccc1)Cc1ccc(C)s1)C(=O)c1ccc(OC)cc1. The Bertz CT molecular complexity index is 1040. The summed E-state index contributed by atoms with van der Waals surface area (Å²) in [7, 11) is 1.58. The highest BCUT2D eigenvalue weighted by molar-refractivity contribution is 7.11. The van der Waals surface area contributed by atoms with Gasteiger partial charge < -0.3 is 14.5 Å². The standard InChI is InChI=1S/C26H28N2O3S/c1-4-16-27(26(30)22-11-13-23(31-3)14-12-22)19-25(29)28(17-21-8-6-5-7-9-21)18-24-15-10-20(2)32-24/h4-15H,1,16-19H2,2-3H3. The number of methoxy groups -OCH3 is 1. The molecule has 0 atom stereocenters. The van der Waals surface area contributed by atoms with Gasteiger partial charge in [0.25, 0.3) is 5.91 Å². The van der Waals surface area contributed by atoms with Gasteiger partial charge >= 0.3 is 0 Å². The molecule has 3 aromatic rings. The number of nitrogens with zero attached hydrogens (tertiary/aromatic N) is 2. The second-order valence-corrected chi connectivity index (χ2v) is 8.82. The molecule has 0 aliphatic rings. The number of rotatable bonds is 10. The minimum atomic E-state index is -0.215. The highest BCUT2D eigenvalue weighted by Crippen LogP contribution is 2.19. The highest BCUT2D eigenvalue weighted by atomic mass is 32.1. The lowest BCUT2D eigenvalue weighted by Crippen LogP contribution is -2.42. The minimum absolute atomic E-state index is 0.0198. The summed E-state index contributed by atoms with van der Waals surface area (Å²) >= 11 is 1.68. The summed E-state index contributed by atoms with van der Waals surface area (Å²) in [5, 5.41) is 0. The van der Waals surface area contributed by atoms with Gasteiger partial charge in [0, 0.05) is 28.4 Å². The largest absolute Gasteiger partial charge is 0.497 e. The fourth-order valence-corrected chi connectivity index (χ4v) is 4.25. The van der Waals surface area contributed by atoms with Crippen molar-refractivity contribution in [1.82, 2.24) is 9.80 Å². The molecule has 5 nitrogen and oxygen atoms in total. The monoisotopic (exact) mass is 448 g/mol. The molecular formula is C26H28N2O3S. The van der Waals surface area contributed by atoms with Crippen LogP contribution in [0.5, 0.6) is 5.75 Å². The third kappa shape index (κ3) is 6.31. The zero-order valence-electron chi connectivity index (χ0n) is 18.5. The van der Waals surface area contributed by atoms with E-state index < -0.39 is 0 Å². The minimum Gasteiger partial charge on any atom is -0.497 e. The predicted molar refractivity (Wildman–Crippen MR) is 129 cm³/mol. The number of benzene rings is 2. The van der Waals surface area contributed by atoms with E-state index in [0.29, 0.717) is 24.4 Å². The first-order chi connectivity index (χ1) is 15.5.